The number of fused-ring (bicyclic) bond motifs is 3. The highest BCUT2D eigenvalue weighted by molar-refractivity contribution is 6.34. The molecule has 5 rings (SSSR count). The molecule has 5 aromatic rings. The van der Waals surface area contributed by atoms with Crippen LogP contribution in [0.3, 0.4) is 0 Å². The van der Waals surface area contributed by atoms with Gasteiger partial charge in [-0.3, -0.25) is 9.78 Å². The Morgan fingerprint density at radius 3 is 2.76 bits per heavy atom. The molecule has 3 N–H and O–H groups in total. The summed E-state index contributed by atoms with van der Waals surface area (Å²) in [5, 5.41) is 19.5. The van der Waals surface area contributed by atoms with Crippen LogP contribution in [0.5, 0.6) is 0 Å². The number of benzene rings is 1. The molecule has 0 radical (unpaired) electrons. The first-order valence-electron chi connectivity index (χ1n) is 9.82. The van der Waals surface area contributed by atoms with E-state index in [2.05, 4.69) is 30.4 Å². The predicted octanol–water partition coefficient (Wildman–Crippen LogP) is 3.84. The Kier molecular flexibility index (Phi) is 5.04. The van der Waals surface area contributed by atoms with Crippen LogP contribution in [0.4, 0.5) is 11.5 Å². The van der Waals surface area contributed by atoms with Gasteiger partial charge in [0.15, 0.2) is 11.6 Å². The van der Waals surface area contributed by atoms with E-state index in [0.717, 1.165) is 0 Å². The minimum atomic E-state index is -1.27. The topological polar surface area (TPSA) is 130 Å². The quantitative estimate of drug-likeness (QED) is 0.328. The van der Waals surface area contributed by atoms with E-state index in [9.17, 15) is 9.90 Å². The van der Waals surface area contributed by atoms with Crippen molar-refractivity contribution >= 4 is 44.8 Å². The standard InChI is InChI=1S/C22H16Cl2N6O3/c1-22(2,32)21-29-18(30-33-21)10-7-13(23)17(14(24)8-10)28-19-11-3-6-26-20(31)16(11)12-9-25-5-4-15(12)27-19/h3-9,23,32H,1-2H3,(H-,25,26,27,28,30,31)/p+1. The van der Waals surface area contributed by atoms with Crippen molar-refractivity contribution in [1.82, 2.24) is 25.1 Å². The van der Waals surface area contributed by atoms with E-state index in [0.29, 0.717) is 48.8 Å². The van der Waals surface area contributed by atoms with Crippen molar-refractivity contribution < 1.29 is 21.2 Å². The number of halogens is 2. The van der Waals surface area contributed by atoms with Crippen molar-refractivity contribution in [2.45, 2.75) is 19.4 Å². The molecule has 9 nitrogen and oxygen atoms in total. The highest BCUT2D eigenvalue weighted by Crippen LogP contribution is 2.36. The third-order valence-electron chi connectivity index (χ3n) is 5.02. The van der Waals surface area contributed by atoms with Gasteiger partial charge in [0.1, 0.15) is 17.1 Å². The molecular formula is C22H17Cl2N6O3+. The Bertz CT molecular complexity index is 1570. The molecule has 0 saturated carbocycles. The lowest BCUT2D eigenvalue weighted by molar-refractivity contribution is -0.287. The van der Waals surface area contributed by atoms with Gasteiger partial charge < -0.3 is 19.9 Å². The maximum Gasteiger partial charge on any atom is 0.258 e. The number of nitrogens with zero attached hydrogens (tertiary/aromatic N) is 4. The zero-order valence-electron chi connectivity index (χ0n) is 17.4. The summed E-state index contributed by atoms with van der Waals surface area (Å²) in [5.41, 5.74) is 0.0542. The van der Waals surface area contributed by atoms with E-state index >= 15 is 0 Å². The number of aromatic amines is 1. The number of rotatable bonds is 4. The third kappa shape index (κ3) is 3.80. The molecule has 4 aromatic heterocycles. The van der Waals surface area contributed by atoms with E-state index in [1.165, 1.54) is 0 Å². The smallest absolute Gasteiger partial charge is 0.258 e. The van der Waals surface area contributed by atoms with Gasteiger partial charge in [-0.1, -0.05) is 16.8 Å². The highest BCUT2D eigenvalue weighted by atomic mass is 35.5. The summed E-state index contributed by atoms with van der Waals surface area (Å²) in [5.74, 6) is 0.757. The first-order chi connectivity index (χ1) is 15.7. The summed E-state index contributed by atoms with van der Waals surface area (Å²) in [4.78, 5) is 28.3. The van der Waals surface area contributed by atoms with Crippen LogP contribution in [0.1, 0.15) is 19.7 Å². The van der Waals surface area contributed by atoms with Crippen LogP contribution < -0.4 is 10.9 Å². The molecule has 0 bridgehead atoms. The maximum absolute atomic E-state index is 12.6. The minimum absolute atomic E-state index is 0.0771. The van der Waals surface area contributed by atoms with Crippen molar-refractivity contribution in [2.24, 2.45) is 0 Å². The molecule has 33 heavy (non-hydrogen) atoms. The van der Waals surface area contributed by atoms with E-state index in [1.807, 2.05) is 0 Å². The molecule has 4 heterocycles. The number of anilines is 2. The van der Waals surface area contributed by atoms with E-state index in [4.69, 9.17) is 27.7 Å². The zero-order chi connectivity index (χ0) is 23.3. The summed E-state index contributed by atoms with van der Waals surface area (Å²) < 4.78 is 5.14. The summed E-state index contributed by atoms with van der Waals surface area (Å²) in [6, 6.07) is 6.78. The first-order valence-corrected chi connectivity index (χ1v) is 10.6. The molecule has 0 amide bonds. The molecule has 0 aliphatic rings. The Labute approximate surface area is 196 Å². The Morgan fingerprint density at radius 1 is 1.21 bits per heavy atom. The van der Waals surface area contributed by atoms with Gasteiger partial charge in [-0.05, 0) is 32.0 Å². The molecule has 1 aromatic carbocycles. The summed E-state index contributed by atoms with van der Waals surface area (Å²) in [6.45, 7) is 3.09. The molecule has 0 spiro atoms. The van der Waals surface area contributed by atoms with Gasteiger partial charge in [-0.2, -0.15) is 4.98 Å². The van der Waals surface area contributed by atoms with Crippen molar-refractivity contribution in [3.8, 4) is 11.4 Å². The van der Waals surface area contributed by atoms with Gasteiger partial charge >= 0.3 is 0 Å². The number of pyridine rings is 3. The van der Waals surface area contributed by atoms with Gasteiger partial charge in [-0.25, -0.2) is 4.98 Å². The normalized spacial score (nSPS) is 11.9. The molecule has 166 valence electrons. The second-order valence-corrected chi connectivity index (χ2v) is 8.73. The van der Waals surface area contributed by atoms with E-state index < -0.39 is 5.60 Å². The van der Waals surface area contributed by atoms with Crippen LogP contribution in [0.2, 0.25) is 10.0 Å². The predicted molar refractivity (Wildman–Crippen MR) is 121 cm³/mol. The Hall–Kier alpha value is -3.53. The number of hydrogen-bond donors (Lipinski definition) is 3. The Balaban J connectivity index is 1.61. The molecular weight excluding hydrogens is 467 g/mol. The van der Waals surface area contributed by atoms with Crippen LogP contribution >= 0.6 is 11.6 Å². The van der Waals surface area contributed by atoms with Gasteiger partial charge in [0.25, 0.3) is 16.5 Å². The number of aliphatic hydroxyl groups is 1. The van der Waals surface area contributed by atoms with E-state index in [1.54, 1.807) is 56.7 Å². The molecule has 0 saturated heterocycles. The monoisotopic (exact) mass is 483 g/mol. The van der Waals surface area contributed by atoms with Crippen molar-refractivity contribution in [3.05, 3.63) is 69.1 Å². The average molecular weight is 484 g/mol. The van der Waals surface area contributed by atoms with Crippen LogP contribution in [0.15, 0.2) is 52.2 Å². The van der Waals surface area contributed by atoms with Crippen molar-refractivity contribution in [3.63, 3.8) is 0 Å². The molecule has 0 unspecified atom stereocenters. The number of H-pyrrole nitrogens is 1. The number of hydrogen-bond acceptors (Lipinski definition) is 8. The lowest BCUT2D eigenvalue weighted by atomic mass is 10.1. The molecule has 11 heteroatoms. The van der Waals surface area contributed by atoms with Gasteiger partial charge in [0.05, 0.1) is 15.9 Å². The fourth-order valence-corrected chi connectivity index (χ4v) is 4.05. The highest BCUT2D eigenvalue weighted by Gasteiger charge is 2.26. The van der Waals surface area contributed by atoms with Crippen LogP contribution in [0.25, 0.3) is 33.1 Å². The van der Waals surface area contributed by atoms with E-state index in [-0.39, 0.29) is 17.3 Å². The lowest BCUT2D eigenvalue weighted by Crippen LogP contribution is -2.15. The van der Waals surface area contributed by atoms with Gasteiger partial charge in [0, 0.05) is 41.0 Å². The van der Waals surface area contributed by atoms with Crippen molar-refractivity contribution in [1.29, 1.82) is 0 Å². The van der Waals surface area contributed by atoms with Crippen LogP contribution in [-0.4, -0.2) is 30.2 Å². The summed E-state index contributed by atoms with van der Waals surface area (Å²) >= 11 is 12.1. The Morgan fingerprint density at radius 2 is 2.03 bits per heavy atom. The number of nitrogens with one attached hydrogen (secondary N) is 2. The minimum Gasteiger partial charge on any atom is -0.381 e. The average Bonchev–Trinajstić information content (AvgIpc) is 3.27. The fraction of sp³-hybridized carbons (Fsp3) is 0.136. The third-order valence-corrected chi connectivity index (χ3v) is 5.64. The lowest BCUT2D eigenvalue weighted by Gasteiger charge is -2.12. The molecule has 0 fully saturated rings. The van der Waals surface area contributed by atoms with Crippen LogP contribution in [0, 0.1) is 11.6 Å². The van der Waals surface area contributed by atoms with Crippen LogP contribution in [-0.2, 0) is 5.60 Å². The second kappa shape index (κ2) is 7.80. The SMILES string of the molecule is CC(C)(O)c1nc(-c2cc(Cl)c(Nc3nc4ccncc4c4c(=O)[nH]ccc34)c([ClH+])c2)no1. The van der Waals surface area contributed by atoms with Crippen molar-refractivity contribution in [2.75, 3.05) is 5.32 Å². The largest absolute Gasteiger partial charge is 0.381 e. The van der Waals surface area contributed by atoms with Gasteiger partial charge in [-0.15, -0.1) is 0 Å². The zero-order valence-corrected chi connectivity index (χ0v) is 19.0. The molecule has 0 aliphatic heterocycles. The summed E-state index contributed by atoms with van der Waals surface area (Å²) in [7, 11) is 0. The first kappa shape index (κ1) is 21.3. The second-order valence-electron chi connectivity index (χ2n) is 7.89. The fourth-order valence-electron chi connectivity index (χ4n) is 3.44. The summed E-state index contributed by atoms with van der Waals surface area (Å²) in [6.07, 6.45) is 4.77. The molecule has 0 aliphatic carbocycles. The van der Waals surface area contributed by atoms with Gasteiger partial charge in [0.2, 0.25) is 5.82 Å². The number of aromatic nitrogens is 5. The molecule has 0 atom stereocenters. The maximum atomic E-state index is 12.6.